The van der Waals surface area contributed by atoms with Gasteiger partial charge in [-0.3, -0.25) is 0 Å². The van der Waals surface area contributed by atoms with Gasteiger partial charge in [0, 0.05) is 12.1 Å². The van der Waals surface area contributed by atoms with E-state index in [0.717, 1.165) is 16.7 Å². The number of aliphatic hydroxyl groups is 1. The van der Waals surface area contributed by atoms with Crippen LogP contribution in [0.1, 0.15) is 34.9 Å². The molecule has 0 spiro atoms. The summed E-state index contributed by atoms with van der Waals surface area (Å²) in [5.41, 5.74) is 8.88. The minimum atomic E-state index is -1.06. The summed E-state index contributed by atoms with van der Waals surface area (Å²) in [6.07, 6.45) is -0.677. The fraction of sp³-hybridized carbons (Fsp3) is 0.241. The number of nitrogens with zero attached hydrogens (tertiary/aromatic N) is 2. The number of nitrogens with two attached hydrogens (primary N) is 1. The molecular formula is C29H31N3O4. The number of aromatic nitrogens is 2. The van der Waals surface area contributed by atoms with Crippen molar-refractivity contribution >= 4 is 0 Å². The van der Waals surface area contributed by atoms with Crippen LogP contribution in [0.5, 0.6) is 11.9 Å². The minimum absolute atomic E-state index is 0.100. The summed E-state index contributed by atoms with van der Waals surface area (Å²) in [5, 5.41) is 10.9. The number of hydrogen-bond donors (Lipinski definition) is 2. The van der Waals surface area contributed by atoms with E-state index in [1.165, 1.54) is 14.2 Å². The second-order valence-electron chi connectivity index (χ2n) is 8.35. The van der Waals surface area contributed by atoms with E-state index < -0.39 is 17.7 Å². The van der Waals surface area contributed by atoms with Gasteiger partial charge in [-0.05, 0) is 23.1 Å². The molecule has 3 N–H and O–H groups in total. The van der Waals surface area contributed by atoms with Crippen LogP contribution in [0.15, 0.2) is 97.1 Å². The number of benzene rings is 3. The Morgan fingerprint density at radius 2 is 1.28 bits per heavy atom. The molecule has 0 aliphatic heterocycles. The van der Waals surface area contributed by atoms with Crippen molar-refractivity contribution in [3.63, 3.8) is 0 Å². The van der Waals surface area contributed by atoms with Crippen LogP contribution in [0.3, 0.4) is 0 Å². The average molecular weight is 486 g/mol. The summed E-state index contributed by atoms with van der Waals surface area (Å²) in [4.78, 5) is 8.31. The Morgan fingerprint density at radius 3 is 1.72 bits per heavy atom. The first kappa shape index (κ1) is 25.3. The van der Waals surface area contributed by atoms with Gasteiger partial charge in [0.1, 0.15) is 11.7 Å². The topological polar surface area (TPSA) is 99.7 Å². The average Bonchev–Trinajstić information content (AvgIpc) is 2.96. The van der Waals surface area contributed by atoms with E-state index in [9.17, 15) is 5.11 Å². The monoisotopic (exact) mass is 485 g/mol. The zero-order valence-electron chi connectivity index (χ0n) is 20.5. The number of rotatable bonds is 11. The first-order valence-electron chi connectivity index (χ1n) is 11.8. The number of ether oxygens (including phenoxy) is 3. The number of aliphatic hydroxyl groups excluding tert-OH is 1. The Bertz CT molecular complexity index is 1100. The van der Waals surface area contributed by atoms with Crippen LogP contribution in [-0.4, -0.2) is 41.9 Å². The molecule has 0 bridgehead atoms. The predicted molar refractivity (Wildman–Crippen MR) is 138 cm³/mol. The maximum Gasteiger partial charge on any atom is 0.319 e. The fourth-order valence-corrected chi connectivity index (χ4v) is 4.26. The molecule has 1 aromatic heterocycles. The Morgan fingerprint density at radius 1 is 0.778 bits per heavy atom. The molecule has 0 unspecified atom stereocenters. The van der Waals surface area contributed by atoms with Gasteiger partial charge in [-0.2, -0.15) is 9.97 Å². The third-order valence-electron chi connectivity index (χ3n) is 6.11. The van der Waals surface area contributed by atoms with Gasteiger partial charge in [0.2, 0.25) is 5.88 Å². The van der Waals surface area contributed by atoms with Gasteiger partial charge in [0.15, 0.2) is 0 Å². The lowest BCUT2D eigenvalue weighted by molar-refractivity contribution is 0.00203. The molecule has 4 rings (SSSR count). The van der Waals surface area contributed by atoms with Crippen LogP contribution < -0.4 is 15.2 Å². The van der Waals surface area contributed by atoms with E-state index in [-0.39, 0.29) is 18.5 Å². The van der Waals surface area contributed by atoms with Crippen LogP contribution in [-0.2, 0) is 10.3 Å². The van der Waals surface area contributed by atoms with Crippen molar-refractivity contribution in [1.82, 2.24) is 9.97 Å². The molecule has 7 heteroatoms. The first-order valence-corrected chi connectivity index (χ1v) is 11.8. The molecule has 0 amide bonds. The molecule has 0 saturated carbocycles. The van der Waals surface area contributed by atoms with Crippen molar-refractivity contribution in [3.05, 3.63) is 119 Å². The Balaban J connectivity index is 1.62. The molecule has 1 heterocycles. The maximum absolute atomic E-state index is 10.9. The summed E-state index contributed by atoms with van der Waals surface area (Å²) >= 11 is 0. The van der Waals surface area contributed by atoms with Gasteiger partial charge < -0.3 is 25.1 Å². The highest BCUT2D eigenvalue weighted by Gasteiger charge is 2.37. The SMILES string of the molecule is COc1cc([C@H](O)[C@H](N)CCOC(c2ccccc2)(c2ccccc2)c2ccccc2)nc(OC)n1. The first-order chi connectivity index (χ1) is 17.6. The smallest absolute Gasteiger partial charge is 0.319 e. The lowest BCUT2D eigenvalue weighted by Gasteiger charge is -2.36. The molecule has 2 atom stereocenters. The van der Waals surface area contributed by atoms with Crippen molar-refractivity contribution in [1.29, 1.82) is 0 Å². The standard InChI is InChI=1S/C29H31N3O4/c1-34-26-20-25(31-28(32-26)35-2)27(33)24(30)18-19-36-29(21-12-6-3-7-13-21,22-14-8-4-9-15-22)23-16-10-5-11-17-23/h3-17,20,24,27,33H,18-19,30H2,1-2H3/t24-,27-/m1/s1. The summed E-state index contributed by atoms with van der Waals surface area (Å²) in [6.45, 7) is 0.288. The predicted octanol–water partition coefficient (Wildman–Crippen LogP) is 4.25. The van der Waals surface area contributed by atoms with E-state index in [0.29, 0.717) is 12.1 Å². The van der Waals surface area contributed by atoms with Gasteiger partial charge >= 0.3 is 6.01 Å². The maximum atomic E-state index is 10.9. The van der Waals surface area contributed by atoms with Crippen molar-refractivity contribution < 1.29 is 19.3 Å². The van der Waals surface area contributed by atoms with Crippen LogP contribution >= 0.6 is 0 Å². The highest BCUT2D eigenvalue weighted by Crippen LogP contribution is 2.40. The van der Waals surface area contributed by atoms with E-state index in [1.54, 1.807) is 6.07 Å². The zero-order valence-corrected chi connectivity index (χ0v) is 20.5. The van der Waals surface area contributed by atoms with Crippen molar-refractivity contribution in [2.45, 2.75) is 24.2 Å². The second kappa shape index (κ2) is 11.8. The van der Waals surface area contributed by atoms with E-state index in [4.69, 9.17) is 19.9 Å². The molecule has 0 radical (unpaired) electrons. The molecule has 0 fully saturated rings. The van der Waals surface area contributed by atoms with E-state index in [2.05, 4.69) is 46.4 Å². The fourth-order valence-electron chi connectivity index (χ4n) is 4.26. The van der Waals surface area contributed by atoms with Gasteiger partial charge in [0.25, 0.3) is 0 Å². The molecule has 36 heavy (non-hydrogen) atoms. The molecule has 0 aliphatic carbocycles. The third-order valence-corrected chi connectivity index (χ3v) is 6.11. The molecule has 0 saturated heterocycles. The van der Waals surface area contributed by atoms with Crippen LogP contribution in [0.25, 0.3) is 0 Å². The van der Waals surface area contributed by atoms with Gasteiger partial charge in [-0.15, -0.1) is 0 Å². The largest absolute Gasteiger partial charge is 0.481 e. The minimum Gasteiger partial charge on any atom is -0.481 e. The Kier molecular flexibility index (Phi) is 8.28. The second-order valence-corrected chi connectivity index (χ2v) is 8.35. The highest BCUT2D eigenvalue weighted by atomic mass is 16.5. The highest BCUT2D eigenvalue weighted by molar-refractivity contribution is 5.47. The number of methoxy groups -OCH3 is 2. The van der Waals surface area contributed by atoms with Gasteiger partial charge in [-0.1, -0.05) is 91.0 Å². The van der Waals surface area contributed by atoms with Crippen molar-refractivity contribution in [2.75, 3.05) is 20.8 Å². The molecule has 4 aromatic rings. The molecule has 0 aliphatic rings. The summed E-state index contributed by atoms with van der Waals surface area (Å²) in [6, 6.07) is 31.4. The summed E-state index contributed by atoms with van der Waals surface area (Å²) in [7, 11) is 2.94. The Hall–Kier alpha value is -3.78. The Labute approximate surface area is 211 Å². The normalized spacial score (nSPS) is 13.1. The lowest BCUT2D eigenvalue weighted by Crippen LogP contribution is -2.36. The van der Waals surface area contributed by atoms with E-state index in [1.807, 2.05) is 54.6 Å². The lowest BCUT2D eigenvalue weighted by atomic mass is 9.80. The van der Waals surface area contributed by atoms with Gasteiger partial charge in [0.05, 0.1) is 26.5 Å². The van der Waals surface area contributed by atoms with Crippen LogP contribution in [0, 0.1) is 0 Å². The summed E-state index contributed by atoms with van der Waals surface area (Å²) in [5.74, 6) is 0.288. The zero-order chi connectivity index (χ0) is 25.4. The van der Waals surface area contributed by atoms with Crippen LogP contribution in [0.2, 0.25) is 0 Å². The van der Waals surface area contributed by atoms with E-state index >= 15 is 0 Å². The molecule has 186 valence electrons. The third kappa shape index (κ3) is 5.39. The molecule has 3 aromatic carbocycles. The summed E-state index contributed by atoms with van der Waals surface area (Å²) < 4.78 is 17.1. The van der Waals surface area contributed by atoms with Crippen molar-refractivity contribution in [2.24, 2.45) is 5.73 Å². The van der Waals surface area contributed by atoms with Crippen LogP contribution in [0.4, 0.5) is 0 Å². The molecule has 7 nitrogen and oxygen atoms in total. The van der Waals surface area contributed by atoms with Crippen molar-refractivity contribution in [3.8, 4) is 11.9 Å². The van der Waals surface area contributed by atoms with Gasteiger partial charge in [-0.25, -0.2) is 0 Å². The number of hydrogen-bond acceptors (Lipinski definition) is 7. The molecular weight excluding hydrogens is 454 g/mol. The quantitative estimate of drug-likeness (QED) is 0.306.